The molecule has 0 aliphatic heterocycles. The summed E-state index contributed by atoms with van der Waals surface area (Å²) in [6.07, 6.45) is 1.73. The largest absolute Gasteiger partial charge is 0.469 e. The molecule has 0 aliphatic carbocycles. The predicted octanol–water partition coefficient (Wildman–Crippen LogP) is 3.13. The topological polar surface area (TPSA) is 43.4 Å². The van der Waals surface area contributed by atoms with Crippen molar-refractivity contribution in [3.05, 3.63) is 0 Å². The standard InChI is InChI=1S/C17H33BO3/c1-10(2)14(13(6)19)8-12(5)16(18)9-15(11(3)4)17(20)21-7/h10-12,14-16H,8-9,18H2,1-7H3/t12?,14?,15-,16+/m0/s1. The second-order valence-electron chi connectivity index (χ2n) is 7.26. The number of carbonyl (C=O) groups is 2. The van der Waals surface area contributed by atoms with Crippen molar-refractivity contribution in [3.63, 3.8) is 0 Å². The van der Waals surface area contributed by atoms with Gasteiger partial charge in [0.15, 0.2) is 0 Å². The van der Waals surface area contributed by atoms with E-state index >= 15 is 0 Å². The van der Waals surface area contributed by atoms with E-state index in [-0.39, 0.29) is 29.5 Å². The van der Waals surface area contributed by atoms with Crippen LogP contribution in [0.25, 0.3) is 0 Å². The van der Waals surface area contributed by atoms with Gasteiger partial charge in [-0.15, -0.1) is 0 Å². The molecule has 122 valence electrons. The number of ketones is 1. The van der Waals surface area contributed by atoms with Crippen molar-refractivity contribution in [2.45, 2.75) is 60.2 Å². The summed E-state index contributed by atoms with van der Waals surface area (Å²) in [5.41, 5.74) is 0. The summed E-state index contributed by atoms with van der Waals surface area (Å²) >= 11 is 0. The van der Waals surface area contributed by atoms with Crippen LogP contribution in [0.1, 0.15) is 54.4 Å². The molecule has 4 atom stereocenters. The first kappa shape index (κ1) is 20.2. The summed E-state index contributed by atoms with van der Waals surface area (Å²) in [6, 6.07) is 0. The molecule has 0 fully saturated rings. The van der Waals surface area contributed by atoms with Gasteiger partial charge in [-0.05, 0) is 37.5 Å². The fourth-order valence-electron chi connectivity index (χ4n) is 2.97. The van der Waals surface area contributed by atoms with E-state index in [9.17, 15) is 9.59 Å². The average molecular weight is 296 g/mol. The van der Waals surface area contributed by atoms with Gasteiger partial charge < -0.3 is 4.74 Å². The Bertz CT molecular complexity index is 339. The molecule has 0 spiro atoms. The Morgan fingerprint density at radius 1 is 0.952 bits per heavy atom. The Morgan fingerprint density at radius 2 is 1.43 bits per heavy atom. The van der Waals surface area contributed by atoms with Gasteiger partial charge in [0, 0.05) is 5.92 Å². The zero-order valence-electron chi connectivity index (χ0n) is 15.1. The van der Waals surface area contributed by atoms with Crippen LogP contribution in [0.3, 0.4) is 0 Å². The van der Waals surface area contributed by atoms with Crippen LogP contribution in [0.15, 0.2) is 0 Å². The quantitative estimate of drug-likeness (QED) is 0.485. The van der Waals surface area contributed by atoms with Crippen LogP contribution < -0.4 is 0 Å². The summed E-state index contributed by atoms with van der Waals surface area (Å²) in [7, 11) is 3.64. The Labute approximate surface area is 131 Å². The van der Waals surface area contributed by atoms with Crippen molar-refractivity contribution in [3.8, 4) is 0 Å². The Balaban J connectivity index is 4.72. The fourth-order valence-corrected chi connectivity index (χ4v) is 2.97. The normalized spacial score (nSPS) is 17.4. The van der Waals surface area contributed by atoms with E-state index in [0.717, 1.165) is 12.8 Å². The van der Waals surface area contributed by atoms with E-state index in [2.05, 4.69) is 42.5 Å². The number of rotatable bonds is 9. The lowest BCUT2D eigenvalue weighted by Gasteiger charge is -2.29. The van der Waals surface area contributed by atoms with Crippen LogP contribution in [0.5, 0.6) is 0 Å². The van der Waals surface area contributed by atoms with Crippen LogP contribution in [-0.4, -0.2) is 26.7 Å². The monoisotopic (exact) mass is 296 g/mol. The lowest BCUT2D eigenvalue weighted by atomic mass is 9.67. The maximum atomic E-state index is 11.9. The zero-order chi connectivity index (χ0) is 16.7. The van der Waals surface area contributed by atoms with Crippen molar-refractivity contribution in [2.24, 2.45) is 29.6 Å². The lowest BCUT2D eigenvalue weighted by molar-refractivity contribution is -0.147. The van der Waals surface area contributed by atoms with Crippen LogP contribution >= 0.6 is 0 Å². The Kier molecular flexibility index (Phi) is 8.92. The first-order chi connectivity index (χ1) is 9.61. The second kappa shape index (κ2) is 9.27. The maximum absolute atomic E-state index is 11.9. The van der Waals surface area contributed by atoms with E-state index in [0.29, 0.717) is 17.7 Å². The highest BCUT2D eigenvalue weighted by molar-refractivity contribution is 6.12. The molecule has 0 saturated heterocycles. The third kappa shape index (κ3) is 6.67. The van der Waals surface area contributed by atoms with Gasteiger partial charge in [0.25, 0.3) is 0 Å². The van der Waals surface area contributed by atoms with Crippen molar-refractivity contribution in [1.82, 2.24) is 0 Å². The van der Waals surface area contributed by atoms with Gasteiger partial charge in [-0.25, -0.2) is 0 Å². The summed E-state index contributed by atoms with van der Waals surface area (Å²) in [4.78, 5) is 23.6. The van der Waals surface area contributed by atoms with Gasteiger partial charge in [0.1, 0.15) is 13.6 Å². The third-order valence-corrected chi connectivity index (χ3v) is 4.86. The van der Waals surface area contributed by atoms with Crippen LogP contribution in [0.4, 0.5) is 0 Å². The minimum atomic E-state index is -0.115. The highest BCUT2D eigenvalue weighted by atomic mass is 16.5. The summed E-state index contributed by atoms with van der Waals surface area (Å²) in [6.45, 7) is 12.2. The fraction of sp³-hybridized carbons (Fsp3) is 0.882. The number of esters is 1. The van der Waals surface area contributed by atoms with Gasteiger partial charge in [0.2, 0.25) is 0 Å². The maximum Gasteiger partial charge on any atom is 0.308 e. The Hall–Kier alpha value is -0.795. The van der Waals surface area contributed by atoms with E-state index in [1.54, 1.807) is 6.92 Å². The van der Waals surface area contributed by atoms with Crippen LogP contribution in [0, 0.1) is 29.6 Å². The number of carbonyl (C=O) groups excluding carboxylic acids is 2. The molecule has 0 aromatic carbocycles. The number of methoxy groups -OCH3 is 1. The number of Topliss-reactive ketones (excluding diaryl/α,β-unsaturated/α-hetero) is 1. The number of hydrogen-bond acceptors (Lipinski definition) is 3. The zero-order valence-corrected chi connectivity index (χ0v) is 15.1. The van der Waals surface area contributed by atoms with Crippen LogP contribution in [0.2, 0.25) is 5.82 Å². The van der Waals surface area contributed by atoms with Crippen molar-refractivity contribution >= 4 is 19.6 Å². The molecule has 0 aliphatic rings. The van der Waals surface area contributed by atoms with Crippen molar-refractivity contribution in [2.75, 3.05) is 7.11 Å². The molecule has 0 radical (unpaired) electrons. The van der Waals surface area contributed by atoms with Crippen LogP contribution in [-0.2, 0) is 14.3 Å². The lowest BCUT2D eigenvalue weighted by Crippen LogP contribution is -2.27. The highest BCUT2D eigenvalue weighted by Gasteiger charge is 2.29. The van der Waals surface area contributed by atoms with Gasteiger partial charge in [0.05, 0.1) is 13.0 Å². The van der Waals surface area contributed by atoms with Gasteiger partial charge in [-0.2, -0.15) is 0 Å². The molecule has 2 unspecified atom stereocenters. The predicted molar refractivity (Wildman–Crippen MR) is 90.0 cm³/mol. The third-order valence-electron chi connectivity index (χ3n) is 4.86. The first-order valence-corrected chi connectivity index (χ1v) is 8.20. The molecule has 0 bridgehead atoms. The van der Waals surface area contributed by atoms with E-state index < -0.39 is 0 Å². The van der Waals surface area contributed by atoms with Gasteiger partial charge in [-0.1, -0.05) is 40.4 Å². The Morgan fingerprint density at radius 3 is 1.76 bits per heavy atom. The molecule has 21 heavy (non-hydrogen) atoms. The van der Waals surface area contributed by atoms with Crippen molar-refractivity contribution < 1.29 is 14.3 Å². The minimum Gasteiger partial charge on any atom is -0.469 e. The molecule has 4 heteroatoms. The first-order valence-electron chi connectivity index (χ1n) is 8.20. The SMILES string of the molecule is B[C@H](C[C@H](C(=O)OC)C(C)C)C(C)CC(C(C)=O)C(C)C. The molecule has 3 nitrogen and oxygen atoms in total. The molecular formula is C17H33BO3. The van der Waals surface area contributed by atoms with E-state index in [1.807, 2.05) is 0 Å². The van der Waals surface area contributed by atoms with Gasteiger partial charge in [-0.3, -0.25) is 9.59 Å². The molecule has 0 rings (SSSR count). The van der Waals surface area contributed by atoms with E-state index in [4.69, 9.17) is 4.74 Å². The summed E-state index contributed by atoms with van der Waals surface area (Å²) < 4.78 is 4.92. The second-order valence-corrected chi connectivity index (χ2v) is 7.26. The van der Waals surface area contributed by atoms with Crippen molar-refractivity contribution in [1.29, 1.82) is 0 Å². The molecule has 0 heterocycles. The van der Waals surface area contributed by atoms with Gasteiger partial charge >= 0.3 is 5.97 Å². The van der Waals surface area contributed by atoms with E-state index in [1.165, 1.54) is 7.11 Å². The number of ether oxygens (including phenoxy) is 1. The molecule has 0 aromatic heterocycles. The molecule has 0 saturated carbocycles. The molecule has 0 amide bonds. The molecule has 0 N–H and O–H groups in total. The summed E-state index contributed by atoms with van der Waals surface area (Å²) in [5.74, 6) is 1.71. The minimum absolute atomic E-state index is 0.0534. The highest BCUT2D eigenvalue weighted by Crippen LogP contribution is 2.33. The molecule has 0 aromatic rings. The summed E-state index contributed by atoms with van der Waals surface area (Å²) in [5, 5.41) is 0. The smallest absolute Gasteiger partial charge is 0.308 e. The average Bonchev–Trinajstić information content (AvgIpc) is 2.39. The molecular weight excluding hydrogens is 263 g/mol. The number of hydrogen-bond donors (Lipinski definition) is 0.